The molecule has 174 valence electrons. The van der Waals surface area contributed by atoms with Crippen LogP contribution in [-0.4, -0.2) is 43.4 Å². The van der Waals surface area contributed by atoms with Gasteiger partial charge in [-0.05, 0) is 35.7 Å². The molecule has 4 rings (SSSR count). The molecule has 2 heterocycles. The Hall–Kier alpha value is -3.09. The van der Waals surface area contributed by atoms with E-state index in [1.165, 1.54) is 5.56 Å². The maximum absolute atomic E-state index is 6.22. The van der Waals surface area contributed by atoms with Crippen molar-refractivity contribution in [1.29, 1.82) is 0 Å². The normalized spacial score (nSPS) is 15.2. The summed E-state index contributed by atoms with van der Waals surface area (Å²) in [5.41, 5.74) is 3.46. The van der Waals surface area contributed by atoms with E-state index in [-0.39, 0.29) is 0 Å². The number of ether oxygens (including phenoxy) is 4. The molecule has 0 unspecified atom stereocenters. The van der Waals surface area contributed by atoms with Crippen molar-refractivity contribution >= 4 is 0 Å². The van der Waals surface area contributed by atoms with Gasteiger partial charge in [0.15, 0.2) is 11.5 Å². The topological polar surface area (TPSA) is 53.1 Å². The van der Waals surface area contributed by atoms with E-state index >= 15 is 0 Å². The average Bonchev–Trinajstić information content (AvgIpc) is 2.84. The van der Waals surface area contributed by atoms with Gasteiger partial charge >= 0.3 is 0 Å². The Morgan fingerprint density at radius 2 is 1.85 bits per heavy atom. The molecule has 0 bridgehead atoms. The second-order valence-electron chi connectivity index (χ2n) is 8.41. The minimum absolute atomic E-state index is 0.450. The zero-order chi connectivity index (χ0) is 23.0. The molecule has 0 fully saturated rings. The zero-order valence-corrected chi connectivity index (χ0v) is 19.6. The van der Waals surface area contributed by atoms with Crippen molar-refractivity contribution in [2.45, 2.75) is 32.9 Å². The summed E-state index contributed by atoms with van der Waals surface area (Å²) in [6.45, 7) is 8.15. The highest BCUT2D eigenvalue weighted by molar-refractivity contribution is 5.43. The number of para-hydroxylation sites is 2. The Bertz CT molecular complexity index is 1050. The molecule has 0 atom stereocenters. The molecule has 6 heteroatoms. The third kappa shape index (κ3) is 6.03. The first-order chi connectivity index (χ1) is 16.1. The lowest BCUT2D eigenvalue weighted by atomic mass is 10.00. The van der Waals surface area contributed by atoms with Crippen LogP contribution < -0.4 is 14.2 Å². The van der Waals surface area contributed by atoms with Crippen LogP contribution in [0.5, 0.6) is 23.1 Å². The molecule has 0 amide bonds. The van der Waals surface area contributed by atoms with Crippen molar-refractivity contribution in [2.75, 3.05) is 33.5 Å². The van der Waals surface area contributed by atoms with E-state index < -0.39 is 0 Å². The fraction of sp³-hybridized carbons (Fsp3) is 0.370. The van der Waals surface area contributed by atoms with E-state index in [9.17, 15) is 0 Å². The standard InChI is InChI=1S/C27H32N2O4/c1-20(2)21-10-11-24(30-3)23(17-21)19-29-13-14-31-15-16-32-25-8-4-5-9-26(25)33-27-22(18-29)7-6-12-28-27/h4-12,17,20H,13-16,18-19H2,1-3H3. The van der Waals surface area contributed by atoms with E-state index in [1.54, 1.807) is 13.3 Å². The number of nitrogens with zero attached hydrogens (tertiary/aromatic N) is 2. The number of rotatable bonds is 4. The Morgan fingerprint density at radius 1 is 1.00 bits per heavy atom. The summed E-state index contributed by atoms with van der Waals surface area (Å²) in [5, 5.41) is 0. The monoisotopic (exact) mass is 448 g/mol. The summed E-state index contributed by atoms with van der Waals surface area (Å²) in [7, 11) is 1.72. The number of hydrogen-bond acceptors (Lipinski definition) is 6. The quantitative estimate of drug-likeness (QED) is 0.531. The summed E-state index contributed by atoms with van der Waals surface area (Å²) >= 11 is 0. The van der Waals surface area contributed by atoms with Gasteiger partial charge in [-0.15, -0.1) is 0 Å². The summed E-state index contributed by atoms with van der Waals surface area (Å²) in [4.78, 5) is 6.87. The molecule has 0 N–H and O–H groups in total. The first-order valence-corrected chi connectivity index (χ1v) is 11.4. The minimum atomic E-state index is 0.450. The molecule has 1 aliphatic heterocycles. The molecule has 3 aromatic rings. The van der Waals surface area contributed by atoms with Gasteiger partial charge in [0, 0.05) is 37.0 Å². The molecule has 0 saturated heterocycles. The lowest BCUT2D eigenvalue weighted by Crippen LogP contribution is -2.28. The fourth-order valence-electron chi connectivity index (χ4n) is 3.88. The van der Waals surface area contributed by atoms with Crippen molar-refractivity contribution in [3.05, 3.63) is 77.5 Å². The van der Waals surface area contributed by atoms with Gasteiger partial charge in [0.05, 0.1) is 20.3 Å². The largest absolute Gasteiger partial charge is 0.496 e. The zero-order valence-electron chi connectivity index (χ0n) is 19.6. The van der Waals surface area contributed by atoms with Crippen LogP contribution in [0.4, 0.5) is 0 Å². The molecule has 0 radical (unpaired) electrons. The van der Waals surface area contributed by atoms with Gasteiger partial charge in [0.2, 0.25) is 5.88 Å². The summed E-state index contributed by atoms with van der Waals surface area (Å²) < 4.78 is 23.7. The molecule has 1 aliphatic rings. The van der Waals surface area contributed by atoms with Gasteiger partial charge in [0.1, 0.15) is 12.4 Å². The molecule has 0 spiro atoms. The third-order valence-electron chi connectivity index (χ3n) is 5.70. The second kappa shape index (κ2) is 11.2. The predicted octanol–water partition coefficient (Wildman–Crippen LogP) is 5.42. The van der Waals surface area contributed by atoms with E-state index in [0.29, 0.717) is 49.7 Å². The lowest BCUT2D eigenvalue weighted by Gasteiger charge is -2.24. The minimum Gasteiger partial charge on any atom is -0.496 e. The van der Waals surface area contributed by atoms with Crippen LogP contribution in [0.15, 0.2) is 60.8 Å². The van der Waals surface area contributed by atoms with Crippen molar-refractivity contribution in [2.24, 2.45) is 0 Å². The molecular formula is C27H32N2O4. The average molecular weight is 449 g/mol. The Balaban J connectivity index is 1.64. The van der Waals surface area contributed by atoms with E-state index in [1.807, 2.05) is 30.3 Å². The summed E-state index contributed by atoms with van der Waals surface area (Å²) in [5.74, 6) is 3.26. The number of hydrogen-bond donors (Lipinski definition) is 0. The number of fused-ring (bicyclic) bond motifs is 2. The maximum Gasteiger partial charge on any atom is 0.223 e. The van der Waals surface area contributed by atoms with Gasteiger partial charge in [-0.25, -0.2) is 4.98 Å². The van der Waals surface area contributed by atoms with Crippen LogP contribution in [0.2, 0.25) is 0 Å². The highest BCUT2D eigenvalue weighted by Crippen LogP contribution is 2.33. The number of methoxy groups -OCH3 is 1. The van der Waals surface area contributed by atoms with Gasteiger partial charge in [-0.3, -0.25) is 4.90 Å². The molecule has 1 aromatic heterocycles. The van der Waals surface area contributed by atoms with Gasteiger partial charge in [-0.2, -0.15) is 0 Å². The smallest absolute Gasteiger partial charge is 0.223 e. The van der Waals surface area contributed by atoms with Crippen LogP contribution in [0.25, 0.3) is 0 Å². The van der Waals surface area contributed by atoms with Crippen LogP contribution >= 0.6 is 0 Å². The highest BCUT2D eigenvalue weighted by atomic mass is 16.5. The summed E-state index contributed by atoms with van der Waals surface area (Å²) in [6, 6.07) is 18.1. The fourth-order valence-corrected chi connectivity index (χ4v) is 3.88. The Labute approximate surface area is 196 Å². The number of benzene rings is 2. The first kappa shape index (κ1) is 23.1. The molecule has 0 aliphatic carbocycles. The summed E-state index contributed by atoms with van der Waals surface area (Å²) in [6.07, 6.45) is 1.75. The van der Waals surface area contributed by atoms with Crippen molar-refractivity contribution in [3.8, 4) is 23.1 Å². The molecular weight excluding hydrogens is 416 g/mol. The second-order valence-corrected chi connectivity index (χ2v) is 8.41. The van der Waals surface area contributed by atoms with Crippen LogP contribution in [0, 0.1) is 0 Å². The lowest BCUT2D eigenvalue weighted by molar-refractivity contribution is 0.0760. The van der Waals surface area contributed by atoms with Gasteiger partial charge in [0.25, 0.3) is 0 Å². The number of aromatic nitrogens is 1. The van der Waals surface area contributed by atoms with Crippen molar-refractivity contribution in [3.63, 3.8) is 0 Å². The van der Waals surface area contributed by atoms with Gasteiger partial charge < -0.3 is 18.9 Å². The molecule has 33 heavy (non-hydrogen) atoms. The van der Waals surface area contributed by atoms with Crippen molar-refractivity contribution < 1.29 is 18.9 Å². The third-order valence-corrected chi connectivity index (χ3v) is 5.70. The predicted molar refractivity (Wildman–Crippen MR) is 128 cm³/mol. The van der Waals surface area contributed by atoms with E-state index in [0.717, 1.165) is 30.0 Å². The van der Waals surface area contributed by atoms with E-state index in [2.05, 4.69) is 48.0 Å². The number of pyridine rings is 1. The maximum atomic E-state index is 6.22. The van der Waals surface area contributed by atoms with Crippen LogP contribution in [0.3, 0.4) is 0 Å². The first-order valence-electron chi connectivity index (χ1n) is 11.4. The molecule has 6 nitrogen and oxygen atoms in total. The molecule has 0 saturated carbocycles. The van der Waals surface area contributed by atoms with E-state index in [4.69, 9.17) is 18.9 Å². The molecule has 2 aromatic carbocycles. The van der Waals surface area contributed by atoms with Crippen LogP contribution in [-0.2, 0) is 17.8 Å². The Kier molecular flexibility index (Phi) is 7.81. The Morgan fingerprint density at radius 3 is 2.67 bits per heavy atom. The SMILES string of the molecule is COc1ccc(C(C)C)cc1CN1CCOCCOc2ccccc2Oc2ncccc2C1. The highest BCUT2D eigenvalue weighted by Gasteiger charge is 2.17. The van der Waals surface area contributed by atoms with Crippen molar-refractivity contribution in [1.82, 2.24) is 9.88 Å². The van der Waals surface area contributed by atoms with Crippen LogP contribution in [0.1, 0.15) is 36.5 Å². The van der Waals surface area contributed by atoms with Gasteiger partial charge in [-0.1, -0.05) is 44.2 Å².